The Labute approximate surface area is 145 Å². The van der Waals surface area contributed by atoms with E-state index in [-0.39, 0.29) is 29.9 Å². The third-order valence-corrected chi connectivity index (χ3v) is 5.47. The average Bonchev–Trinajstić information content (AvgIpc) is 3.41. The van der Waals surface area contributed by atoms with Gasteiger partial charge in [0.25, 0.3) is 5.91 Å². The van der Waals surface area contributed by atoms with E-state index in [1.807, 2.05) is 0 Å². The summed E-state index contributed by atoms with van der Waals surface area (Å²) < 4.78 is 40.2. The predicted octanol–water partition coefficient (Wildman–Crippen LogP) is 0.443. The molecule has 0 spiro atoms. The van der Waals surface area contributed by atoms with Gasteiger partial charge in [0.1, 0.15) is 13.2 Å². The van der Waals surface area contributed by atoms with Crippen molar-refractivity contribution in [1.82, 2.24) is 5.32 Å². The number of rotatable bonds is 7. The molecule has 2 aliphatic rings. The topological polar surface area (TPSA) is 108 Å². The van der Waals surface area contributed by atoms with Gasteiger partial charge in [-0.1, -0.05) is 0 Å². The Hall–Kier alpha value is -2.29. The number of carbonyl (C=O) groups is 2. The second-order valence-corrected chi connectivity index (χ2v) is 7.99. The van der Waals surface area contributed by atoms with Crippen LogP contribution in [-0.2, 0) is 24.2 Å². The first kappa shape index (κ1) is 17.5. The summed E-state index contributed by atoms with van der Waals surface area (Å²) in [6.07, 6.45) is 1.55. The van der Waals surface area contributed by atoms with Crippen LogP contribution in [0.4, 0.5) is 0 Å². The number of carbonyl (C=O) groups excluding carboxylic acids is 2. The van der Waals surface area contributed by atoms with Crippen LogP contribution in [0.1, 0.15) is 19.3 Å². The minimum atomic E-state index is -3.67. The molecule has 0 radical (unpaired) electrons. The number of benzene rings is 1. The first-order chi connectivity index (χ1) is 11.9. The number of esters is 1. The first-order valence-electron chi connectivity index (χ1n) is 8.01. The Morgan fingerprint density at radius 3 is 2.60 bits per heavy atom. The van der Waals surface area contributed by atoms with Gasteiger partial charge in [-0.3, -0.25) is 9.59 Å². The summed E-state index contributed by atoms with van der Waals surface area (Å²) >= 11 is 0. The molecule has 1 saturated carbocycles. The Kier molecular flexibility index (Phi) is 5.12. The zero-order valence-corrected chi connectivity index (χ0v) is 14.3. The number of hydrogen-bond donors (Lipinski definition) is 1. The third kappa shape index (κ3) is 4.85. The van der Waals surface area contributed by atoms with E-state index >= 15 is 0 Å². The summed E-state index contributed by atoms with van der Waals surface area (Å²) in [5.41, 5.74) is 0. The van der Waals surface area contributed by atoms with E-state index in [1.165, 1.54) is 18.2 Å². The van der Waals surface area contributed by atoms with Crippen LogP contribution < -0.4 is 14.8 Å². The van der Waals surface area contributed by atoms with Crippen LogP contribution in [0.2, 0.25) is 0 Å². The minimum Gasteiger partial charge on any atom is -0.486 e. The largest absolute Gasteiger partial charge is 0.486 e. The number of amides is 1. The van der Waals surface area contributed by atoms with Crippen molar-refractivity contribution in [1.29, 1.82) is 0 Å². The van der Waals surface area contributed by atoms with E-state index < -0.39 is 21.6 Å². The average molecular weight is 369 g/mol. The lowest BCUT2D eigenvalue weighted by atomic mass is 10.3. The fourth-order valence-electron chi connectivity index (χ4n) is 2.27. The summed E-state index contributed by atoms with van der Waals surface area (Å²) in [5.74, 6) is -0.647. The van der Waals surface area contributed by atoms with Gasteiger partial charge in [0.2, 0.25) is 0 Å². The molecule has 3 rings (SSSR count). The number of sulfone groups is 1. The fourth-order valence-corrected chi connectivity index (χ4v) is 3.50. The first-order valence-corrected chi connectivity index (χ1v) is 9.67. The van der Waals surface area contributed by atoms with E-state index in [0.29, 0.717) is 24.7 Å². The maximum absolute atomic E-state index is 12.3. The molecule has 0 aromatic heterocycles. The van der Waals surface area contributed by atoms with Gasteiger partial charge in [-0.25, -0.2) is 8.42 Å². The zero-order valence-electron chi connectivity index (χ0n) is 13.5. The quantitative estimate of drug-likeness (QED) is 0.695. The molecule has 8 nitrogen and oxygen atoms in total. The van der Waals surface area contributed by atoms with E-state index in [4.69, 9.17) is 14.2 Å². The molecular formula is C16H19NO7S. The highest BCUT2D eigenvalue weighted by atomic mass is 32.2. The number of nitrogens with one attached hydrogen (secondary N) is 1. The number of hydrogen-bond acceptors (Lipinski definition) is 7. The Balaban J connectivity index is 1.50. The van der Waals surface area contributed by atoms with Gasteiger partial charge in [-0.2, -0.15) is 0 Å². The highest BCUT2D eigenvalue weighted by Gasteiger charge is 2.24. The predicted molar refractivity (Wildman–Crippen MR) is 86.2 cm³/mol. The van der Waals surface area contributed by atoms with Gasteiger partial charge in [-0.05, 0) is 25.0 Å². The fraction of sp³-hybridized carbons (Fsp3) is 0.500. The second-order valence-electron chi connectivity index (χ2n) is 5.88. The van der Waals surface area contributed by atoms with Gasteiger partial charge >= 0.3 is 5.97 Å². The summed E-state index contributed by atoms with van der Waals surface area (Å²) in [7, 11) is -3.67. The summed E-state index contributed by atoms with van der Waals surface area (Å²) in [6.45, 7) is 0.379. The molecule has 1 heterocycles. The van der Waals surface area contributed by atoms with Crippen LogP contribution in [0, 0.1) is 0 Å². The SMILES string of the molecule is O=C(COC(=O)CCS(=O)(=O)c1ccc2c(c1)OCCO2)NC1CC1. The molecule has 25 heavy (non-hydrogen) atoms. The van der Waals surface area contributed by atoms with Gasteiger partial charge < -0.3 is 19.5 Å². The van der Waals surface area contributed by atoms with Crippen molar-refractivity contribution in [2.75, 3.05) is 25.6 Å². The zero-order chi connectivity index (χ0) is 17.9. The third-order valence-electron chi connectivity index (χ3n) is 3.75. The molecule has 1 aliphatic carbocycles. The van der Waals surface area contributed by atoms with E-state index in [1.54, 1.807) is 0 Å². The molecule has 1 aromatic carbocycles. The Morgan fingerprint density at radius 1 is 1.16 bits per heavy atom. The van der Waals surface area contributed by atoms with Crippen molar-refractivity contribution in [3.8, 4) is 11.5 Å². The van der Waals surface area contributed by atoms with Gasteiger partial charge in [0.05, 0.1) is 17.1 Å². The normalized spacial score (nSPS) is 16.2. The molecule has 1 fully saturated rings. The van der Waals surface area contributed by atoms with Crippen molar-refractivity contribution < 1.29 is 32.2 Å². The summed E-state index contributed by atoms with van der Waals surface area (Å²) in [5, 5.41) is 2.68. The number of fused-ring (bicyclic) bond motifs is 1. The van der Waals surface area contributed by atoms with Crippen molar-refractivity contribution in [3.63, 3.8) is 0 Å². The minimum absolute atomic E-state index is 0.0519. The molecule has 9 heteroatoms. The van der Waals surface area contributed by atoms with Crippen molar-refractivity contribution in [2.24, 2.45) is 0 Å². The monoisotopic (exact) mass is 369 g/mol. The highest BCUT2D eigenvalue weighted by Crippen LogP contribution is 2.32. The second kappa shape index (κ2) is 7.30. The van der Waals surface area contributed by atoms with Crippen molar-refractivity contribution in [3.05, 3.63) is 18.2 Å². The van der Waals surface area contributed by atoms with Crippen LogP contribution in [-0.4, -0.2) is 51.9 Å². The highest BCUT2D eigenvalue weighted by molar-refractivity contribution is 7.91. The maximum Gasteiger partial charge on any atom is 0.307 e. The molecule has 1 amide bonds. The van der Waals surface area contributed by atoms with Crippen LogP contribution in [0.15, 0.2) is 23.1 Å². The lowest BCUT2D eigenvalue weighted by Crippen LogP contribution is -2.30. The smallest absolute Gasteiger partial charge is 0.307 e. The van der Waals surface area contributed by atoms with E-state index in [9.17, 15) is 18.0 Å². The molecule has 0 atom stereocenters. The van der Waals surface area contributed by atoms with Gasteiger partial charge in [-0.15, -0.1) is 0 Å². The van der Waals surface area contributed by atoms with Crippen LogP contribution in [0.3, 0.4) is 0 Å². The van der Waals surface area contributed by atoms with Crippen molar-refractivity contribution >= 4 is 21.7 Å². The van der Waals surface area contributed by atoms with Gasteiger partial charge in [0.15, 0.2) is 27.9 Å². The Bertz CT molecular complexity index is 771. The summed E-state index contributed by atoms with van der Waals surface area (Å²) in [4.78, 5) is 23.1. The summed E-state index contributed by atoms with van der Waals surface area (Å²) in [6, 6.07) is 4.51. The molecule has 0 unspecified atom stereocenters. The van der Waals surface area contributed by atoms with Crippen LogP contribution in [0.25, 0.3) is 0 Å². The van der Waals surface area contributed by atoms with Crippen LogP contribution >= 0.6 is 0 Å². The molecule has 1 aromatic rings. The maximum atomic E-state index is 12.3. The number of ether oxygens (including phenoxy) is 3. The molecular weight excluding hydrogens is 350 g/mol. The Morgan fingerprint density at radius 2 is 1.88 bits per heavy atom. The van der Waals surface area contributed by atoms with E-state index in [2.05, 4.69) is 5.32 Å². The van der Waals surface area contributed by atoms with Crippen molar-refractivity contribution in [2.45, 2.75) is 30.2 Å². The van der Waals surface area contributed by atoms with E-state index in [0.717, 1.165) is 12.8 Å². The lowest BCUT2D eigenvalue weighted by Gasteiger charge is -2.18. The lowest BCUT2D eigenvalue weighted by molar-refractivity contribution is -0.148. The standard InChI is InChI=1S/C16H19NO7S/c18-15(17-11-1-2-11)10-24-16(19)5-8-25(20,21)12-3-4-13-14(9-12)23-7-6-22-13/h3-4,9,11H,1-2,5-8,10H2,(H,17,18). The molecule has 0 bridgehead atoms. The van der Waals surface area contributed by atoms with Gasteiger partial charge in [0, 0.05) is 12.1 Å². The molecule has 1 N–H and O–H groups in total. The van der Waals surface area contributed by atoms with Crippen LogP contribution in [0.5, 0.6) is 11.5 Å². The molecule has 136 valence electrons. The molecule has 0 saturated heterocycles. The molecule has 1 aliphatic heterocycles.